The average molecular weight is 360 g/mol. The van der Waals surface area contributed by atoms with E-state index in [1.165, 1.54) is 5.56 Å². The highest BCUT2D eigenvalue weighted by Crippen LogP contribution is 2.15. The minimum Gasteiger partial charge on any atom is -0.463 e. The monoisotopic (exact) mass is 360 g/mol. The van der Waals surface area contributed by atoms with E-state index in [1.807, 2.05) is 14.1 Å². The molecule has 1 aromatic carbocycles. The number of hydrogen-bond donors (Lipinski definition) is 2. The van der Waals surface area contributed by atoms with Crippen LogP contribution >= 0.6 is 0 Å². The van der Waals surface area contributed by atoms with E-state index < -0.39 is 0 Å². The van der Waals surface area contributed by atoms with Gasteiger partial charge in [-0.3, -0.25) is 4.90 Å². The first-order chi connectivity index (χ1) is 12.4. The van der Waals surface area contributed by atoms with E-state index in [-0.39, 0.29) is 18.5 Å². The van der Waals surface area contributed by atoms with Gasteiger partial charge in [0.25, 0.3) is 0 Å². The topological polar surface area (TPSA) is 73.9 Å². The minimum atomic E-state index is -0.388. The van der Waals surface area contributed by atoms with E-state index in [1.54, 1.807) is 6.92 Å². The van der Waals surface area contributed by atoms with Crippen molar-refractivity contribution >= 4 is 17.7 Å². The van der Waals surface area contributed by atoms with Gasteiger partial charge in [-0.15, -0.1) is 0 Å². The predicted octanol–water partition coefficient (Wildman–Crippen LogP) is 1.70. The van der Waals surface area contributed by atoms with Gasteiger partial charge in [-0.1, -0.05) is 19.1 Å². The van der Waals surface area contributed by atoms with Gasteiger partial charge in [0, 0.05) is 38.6 Å². The Morgan fingerprint density at radius 2 is 1.85 bits per heavy atom. The lowest BCUT2D eigenvalue weighted by atomic mass is 10.1. The Labute approximate surface area is 155 Å². The molecule has 0 spiro atoms. The Hall–Kier alpha value is -2.54. The molecule has 2 rings (SSSR count). The van der Waals surface area contributed by atoms with Gasteiger partial charge < -0.3 is 20.3 Å². The van der Waals surface area contributed by atoms with Crippen LogP contribution in [0.2, 0.25) is 0 Å². The van der Waals surface area contributed by atoms with Crippen molar-refractivity contribution < 1.29 is 14.3 Å². The zero-order chi connectivity index (χ0) is 19.1. The molecule has 0 radical (unpaired) electrons. The SMILES string of the molecule is CCOC(=O)C1=C(CN(CC)Cc2ccc(N(C)C)cc2)NC(=O)NC1. The molecule has 0 saturated heterocycles. The minimum absolute atomic E-state index is 0.190. The molecule has 0 saturated carbocycles. The molecule has 0 atom stereocenters. The maximum absolute atomic E-state index is 12.2. The van der Waals surface area contributed by atoms with Crippen LogP contribution in [0.15, 0.2) is 35.5 Å². The maximum atomic E-state index is 12.2. The summed E-state index contributed by atoms with van der Waals surface area (Å²) in [7, 11) is 4.02. The van der Waals surface area contributed by atoms with Crippen molar-refractivity contribution in [2.24, 2.45) is 0 Å². The molecule has 1 aromatic rings. The summed E-state index contributed by atoms with van der Waals surface area (Å²) in [5.41, 5.74) is 3.41. The highest BCUT2D eigenvalue weighted by molar-refractivity contribution is 5.93. The molecule has 1 aliphatic heterocycles. The van der Waals surface area contributed by atoms with Gasteiger partial charge in [0.1, 0.15) is 0 Å². The third kappa shape index (κ3) is 5.23. The largest absolute Gasteiger partial charge is 0.463 e. The molecule has 0 bridgehead atoms. The second kappa shape index (κ2) is 9.24. The van der Waals surface area contributed by atoms with Crippen LogP contribution in [0.1, 0.15) is 19.4 Å². The predicted molar refractivity (Wildman–Crippen MR) is 102 cm³/mol. The first-order valence-corrected chi connectivity index (χ1v) is 8.87. The van der Waals surface area contributed by atoms with E-state index in [0.29, 0.717) is 24.4 Å². The Kier molecular flexibility index (Phi) is 7.03. The molecule has 0 aliphatic carbocycles. The highest BCUT2D eigenvalue weighted by atomic mass is 16.5. The van der Waals surface area contributed by atoms with Crippen LogP contribution in [0.5, 0.6) is 0 Å². The Bertz CT molecular complexity index is 668. The number of amides is 2. The summed E-state index contributed by atoms with van der Waals surface area (Å²) in [6.45, 7) is 6.32. The lowest BCUT2D eigenvalue weighted by Crippen LogP contribution is -2.46. The Balaban J connectivity index is 2.12. The van der Waals surface area contributed by atoms with E-state index in [9.17, 15) is 9.59 Å². The first kappa shape index (κ1) is 19.8. The van der Waals surface area contributed by atoms with Crippen molar-refractivity contribution in [1.29, 1.82) is 0 Å². The van der Waals surface area contributed by atoms with Crippen LogP contribution < -0.4 is 15.5 Å². The molecule has 26 heavy (non-hydrogen) atoms. The van der Waals surface area contributed by atoms with Crippen molar-refractivity contribution in [3.8, 4) is 0 Å². The van der Waals surface area contributed by atoms with Crippen molar-refractivity contribution in [3.63, 3.8) is 0 Å². The fourth-order valence-electron chi connectivity index (χ4n) is 2.74. The van der Waals surface area contributed by atoms with Gasteiger partial charge in [-0.05, 0) is 31.2 Å². The lowest BCUT2D eigenvalue weighted by molar-refractivity contribution is -0.138. The van der Waals surface area contributed by atoms with E-state index in [2.05, 4.69) is 51.6 Å². The Morgan fingerprint density at radius 3 is 2.42 bits per heavy atom. The molecule has 2 amide bonds. The van der Waals surface area contributed by atoms with Crippen LogP contribution in [-0.2, 0) is 16.1 Å². The van der Waals surface area contributed by atoms with E-state index in [0.717, 1.165) is 18.8 Å². The number of esters is 1. The van der Waals surface area contributed by atoms with Crippen LogP contribution in [0, 0.1) is 0 Å². The van der Waals surface area contributed by atoms with Crippen molar-refractivity contribution in [3.05, 3.63) is 41.1 Å². The molecule has 7 nitrogen and oxygen atoms in total. The third-order valence-electron chi connectivity index (χ3n) is 4.26. The zero-order valence-electron chi connectivity index (χ0n) is 16.0. The summed E-state index contributed by atoms with van der Waals surface area (Å²) in [5.74, 6) is -0.388. The summed E-state index contributed by atoms with van der Waals surface area (Å²) in [5, 5.41) is 5.39. The Morgan fingerprint density at radius 1 is 1.15 bits per heavy atom. The van der Waals surface area contributed by atoms with Crippen LogP contribution in [0.3, 0.4) is 0 Å². The van der Waals surface area contributed by atoms with Gasteiger partial charge >= 0.3 is 12.0 Å². The number of nitrogens with one attached hydrogen (secondary N) is 2. The quantitative estimate of drug-likeness (QED) is 0.691. The number of anilines is 1. The van der Waals surface area contributed by atoms with Gasteiger partial charge in [-0.25, -0.2) is 9.59 Å². The third-order valence-corrected chi connectivity index (χ3v) is 4.26. The van der Waals surface area contributed by atoms with Crippen LogP contribution in [-0.4, -0.2) is 57.2 Å². The number of carbonyl (C=O) groups is 2. The lowest BCUT2D eigenvalue weighted by Gasteiger charge is -2.27. The summed E-state index contributed by atoms with van der Waals surface area (Å²) < 4.78 is 5.10. The fraction of sp³-hybridized carbons (Fsp3) is 0.474. The zero-order valence-corrected chi connectivity index (χ0v) is 16.0. The molecule has 0 fully saturated rings. The highest BCUT2D eigenvalue weighted by Gasteiger charge is 2.24. The number of benzene rings is 1. The molecule has 0 unspecified atom stereocenters. The normalized spacial score (nSPS) is 14.1. The number of nitrogens with zero attached hydrogens (tertiary/aromatic N) is 2. The molecule has 7 heteroatoms. The average Bonchev–Trinajstić information content (AvgIpc) is 2.61. The molecule has 2 N–H and O–H groups in total. The van der Waals surface area contributed by atoms with Crippen LogP contribution in [0.25, 0.3) is 0 Å². The summed E-state index contributed by atoms with van der Waals surface area (Å²) >= 11 is 0. The standard InChI is InChI=1S/C19H28N4O3/c1-5-23(12-14-7-9-15(10-8-14)22(3)4)13-17-16(18(24)26-6-2)11-20-19(25)21-17/h7-10H,5-6,11-13H2,1-4H3,(H2,20,21,25). The molecule has 142 valence electrons. The number of hydrogen-bond acceptors (Lipinski definition) is 5. The van der Waals surface area contributed by atoms with E-state index >= 15 is 0 Å². The number of carbonyl (C=O) groups excluding carboxylic acids is 2. The van der Waals surface area contributed by atoms with Crippen molar-refractivity contribution in [2.45, 2.75) is 20.4 Å². The number of likely N-dealkylation sites (N-methyl/N-ethyl adjacent to an activating group) is 1. The summed E-state index contributed by atoms with van der Waals surface area (Å²) in [6, 6.07) is 8.07. The second-order valence-electron chi connectivity index (χ2n) is 6.35. The van der Waals surface area contributed by atoms with E-state index in [4.69, 9.17) is 4.74 Å². The number of urea groups is 1. The number of ether oxygens (including phenoxy) is 1. The smallest absolute Gasteiger partial charge is 0.337 e. The summed E-state index contributed by atoms with van der Waals surface area (Å²) in [6.07, 6.45) is 0. The molecule has 1 aliphatic rings. The fourth-order valence-corrected chi connectivity index (χ4v) is 2.74. The maximum Gasteiger partial charge on any atom is 0.337 e. The summed E-state index contributed by atoms with van der Waals surface area (Å²) in [4.78, 5) is 28.1. The first-order valence-electron chi connectivity index (χ1n) is 8.87. The molecular formula is C19H28N4O3. The van der Waals surface area contributed by atoms with Crippen molar-refractivity contribution in [1.82, 2.24) is 15.5 Å². The van der Waals surface area contributed by atoms with Gasteiger partial charge in [0.05, 0.1) is 18.7 Å². The molecular weight excluding hydrogens is 332 g/mol. The second-order valence-corrected chi connectivity index (χ2v) is 6.35. The van der Waals surface area contributed by atoms with Gasteiger partial charge in [0.2, 0.25) is 0 Å². The van der Waals surface area contributed by atoms with Gasteiger partial charge in [0.15, 0.2) is 0 Å². The number of rotatable bonds is 8. The van der Waals surface area contributed by atoms with Crippen LogP contribution in [0.4, 0.5) is 10.5 Å². The molecule has 0 aromatic heterocycles. The van der Waals surface area contributed by atoms with Gasteiger partial charge in [-0.2, -0.15) is 0 Å². The molecule has 1 heterocycles. The van der Waals surface area contributed by atoms with Crippen molar-refractivity contribution in [2.75, 3.05) is 45.2 Å².